The molecule has 43 heavy (non-hydrogen) atoms. The molecule has 3 amide bonds. The van der Waals surface area contributed by atoms with Crippen molar-refractivity contribution in [2.45, 2.75) is 38.5 Å². The van der Waals surface area contributed by atoms with E-state index >= 15 is 0 Å². The van der Waals surface area contributed by atoms with Crippen molar-refractivity contribution in [1.82, 2.24) is 29.9 Å². The lowest BCUT2D eigenvalue weighted by molar-refractivity contribution is -0.127. The van der Waals surface area contributed by atoms with Crippen LogP contribution in [0.1, 0.15) is 31.6 Å². The number of para-hydroxylation sites is 3. The summed E-state index contributed by atoms with van der Waals surface area (Å²) in [6.45, 7) is 2.22. The maximum absolute atomic E-state index is 14.3. The van der Waals surface area contributed by atoms with Crippen LogP contribution in [0.5, 0.6) is 0 Å². The molecule has 2 N–H and O–H groups in total. The number of carbonyl (C=O) groups is 3. The summed E-state index contributed by atoms with van der Waals surface area (Å²) in [4.78, 5) is 46.4. The molecule has 1 saturated heterocycles. The first-order chi connectivity index (χ1) is 20.9. The summed E-state index contributed by atoms with van der Waals surface area (Å²) in [6.07, 6.45) is 1.70. The number of nitrogens with zero attached hydrogens (tertiary/aromatic N) is 6. The number of amides is 3. The summed E-state index contributed by atoms with van der Waals surface area (Å²) in [5.41, 5.74) is 3.89. The normalized spacial score (nSPS) is 15.4. The summed E-state index contributed by atoms with van der Waals surface area (Å²) in [7, 11) is 1.83. The number of hydrogen-bond donors (Lipinski definition) is 2. The van der Waals surface area contributed by atoms with Crippen LogP contribution in [0, 0.1) is 0 Å². The van der Waals surface area contributed by atoms with Gasteiger partial charge in [-0.15, -0.1) is 5.10 Å². The lowest BCUT2D eigenvalue weighted by Gasteiger charge is -2.31. The van der Waals surface area contributed by atoms with E-state index in [0.29, 0.717) is 46.9 Å². The van der Waals surface area contributed by atoms with Gasteiger partial charge in [0.05, 0.1) is 22.7 Å². The summed E-state index contributed by atoms with van der Waals surface area (Å²) in [5.74, 6) is -0.609. The highest BCUT2D eigenvalue weighted by Gasteiger charge is 2.37. The van der Waals surface area contributed by atoms with Crippen LogP contribution in [0.15, 0.2) is 72.8 Å². The lowest BCUT2D eigenvalue weighted by Crippen LogP contribution is -2.47. The average molecular weight is 581 g/mol. The maximum Gasteiger partial charge on any atom is 0.251 e. The zero-order valence-electron chi connectivity index (χ0n) is 23.9. The first kappa shape index (κ1) is 28.0. The number of aromatic nitrogens is 5. The largest absolute Gasteiger partial charge is 0.376 e. The van der Waals surface area contributed by atoms with Crippen LogP contribution in [0.25, 0.3) is 22.1 Å². The van der Waals surface area contributed by atoms with Gasteiger partial charge in [0.1, 0.15) is 17.9 Å². The molecule has 1 fully saturated rings. The van der Waals surface area contributed by atoms with E-state index in [1.54, 1.807) is 24.3 Å². The van der Waals surface area contributed by atoms with Crippen molar-refractivity contribution < 1.29 is 19.1 Å². The molecule has 0 spiro atoms. The predicted octanol–water partition coefficient (Wildman–Crippen LogP) is 3.35. The predicted molar refractivity (Wildman–Crippen MR) is 161 cm³/mol. The summed E-state index contributed by atoms with van der Waals surface area (Å²) in [5, 5.41) is 14.2. The van der Waals surface area contributed by atoms with Gasteiger partial charge in [-0.05, 0) is 61.4 Å². The Morgan fingerprint density at radius 2 is 1.72 bits per heavy atom. The molecule has 3 aromatic carbocycles. The number of aryl methyl sites for hydroxylation is 1. The van der Waals surface area contributed by atoms with Crippen molar-refractivity contribution in [1.29, 1.82) is 0 Å². The van der Waals surface area contributed by atoms with Crippen LogP contribution in [0.4, 0.5) is 11.4 Å². The zero-order chi connectivity index (χ0) is 29.9. The lowest BCUT2D eigenvalue weighted by atomic mass is 10.1. The number of fused-ring (bicyclic) bond motifs is 2. The Kier molecular flexibility index (Phi) is 7.84. The minimum absolute atomic E-state index is 0.0901. The van der Waals surface area contributed by atoms with Crippen molar-refractivity contribution in [3.8, 4) is 0 Å². The molecule has 12 heteroatoms. The molecule has 2 aromatic heterocycles. The third-order valence-electron chi connectivity index (χ3n) is 7.54. The molecule has 0 radical (unpaired) electrons. The Hall–Kier alpha value is -5.10. The number of benzene rings is 3. The highest BCUT2D eigenvalue weighted by atomic mass is 16.5. The number of ether oxygens (including phenoxy) is 1. The number of imidazole rings is 1. The van der Waals surface area contributed by atoms with Crippen LogP contribution in [-0.2, 0) is 32.7 Å². The van der Waals surface area contributed by atoms with Crippen molar-refractivity contribution in [2.75, 3.05) is 23.4 Å². The van der Waals surface area contributed by atoms with Gasteiger partial charge in [0, 0.05) is 38.5 Å². The van der Waals surface area contributed by atoms with Crippen molar-refractivity contribution in [3.63, 3.8) is 0 Å². The SMILES string of the molecule is CC(=O)Nc1ccc(N(C(=O)Cn2nnc3ccccc32)[C@H](C(=O)NC[C@@H]2CCCO2)c2nc3ccccc3n2C)cc1. The standard InChI is InChI=1S/C31H32N8O4/c1-20(40)33-21-13-15-22(16-14-21)39(28(41)19-38-27-12-6-4-10-25(27)35-36-38)29(31(42)32-18-23-8-7-17-43-23)30-34-24-9-3-5-11-26(24)37(30)2/h3-6,9-16,23,29H,7-8,17-19H2,1-2H3,(H,32,42)(H,33,40)/t23-,29-/m0/s1. The molecule has 3 heterocycles. The van der Waals surface area contributed by atoms with Crippen LogP contribution in [0.3, 0.4) is 0 Å². The van der Waals surface area contributed by atoms with Crippen molar-refractivity contribution in [3.05, 3.63) is 78.6 Å². The highest BCUT2D eigenvalue weighted by molar-refractivity contribution is 6.02. The van der Waals surface area contributed by atoms with Gasteiger partial charge in [-0.3, -0.25) is 19.3 Å². The monoisotopic (exact) mass is 580 g/mol. The minimum Gasteiger partial charge on any atom is -0.376 e. The molecular formula is C31H32N8O4. The molecule has 12 nitrogen and oxygen atoms in total. The van der Waals surface area contributed by atoms with E-state index < -0.39 is 17.9 Å². The molecule has 0 saturated carbocycles. The summed E-state index contributed by atoms with van der Waals surface area (Å²) < 4.78 is 9.10. The molecule has 1 aliphatic heterocycles. The Labute approximate surface area is 247 Å². The molecule has 0 unspecified atom stereocenters. The first-order valence-electron chi connectivity index (χ1n) is 14.2. The van der Waals surface area contributed by atoms with Gasteiger partial charge in [0.25, 0.3) is 5.91 Å². The molecule has 0 aliphatic carbocycles. The third-order valence-corrected chi connectivity index (χ3v) is 7.54. The molecular weight excluding hydrogens is 548 g/mol. The van der Waals surface area contributed by atoms with E-state index in [2.05, 4.69) is 20.9 Å². The number of anilines is 2. The second kappa shape index (κ2) is 12.0. The Morgan fingerprint density at radius 3 is 2.42 bits per heavy atom. The van der Waals surface area contributed by atoms with Gasteiger partial charge in [0.15, 0.2) is 6.04 Å². The molecule has 2 atom stereocenters. The average Bonchev–Trinajstić information content (AvgIpc) is 3.75. The second-order valence-electron chi connectivity index (χ2n) is 10.5. The van der Waals surface area contributed by atoms with Crippen LogP contribution in [0.2, 0.25) is 0 Å². The number of carbonyl (C=O) groups excluding carboxylic acids is 3. The summed E-state index contributed by atoms with van der Waals surface area (Å²) >= 11 is 0. The van der Waals surface area contributed by atoms with Gasteiger partial charge in [0.2, 0.25) is 11.8 Å². The third kappa shape index (κ3) is 5.82. The van der Waals surface area contributed by atoms with E-state index in [9.17, 15) is 14.4 Å². The smallest absolute Gasteiger partial charge is 0.251 e. The fourth-order valence-corrected chi connectivity index (χ4v) is 5.46. The van der Waals surface area contributed by atoms with Gasteiger partial charge < -0.3 is 19.9 Å². The highest BCUT2D eigenvalue weighted by Crippen LogP contribution is 2.31. The maximum atomic E-state index is 14.3. The van der Waals surface area contributed by atoms with Gasteiger partial charge >= 0.3 is 0 Å². The van der Waals surface area contributed by atoms with Crippen LogP contribution in [-0.4, -0.2) is 61.5 Å². The van der Waals surface area contributed by atoms with Gasteiger partial charge in [-0.1, -0.05) is 29.5 Å². The fraction of sp³-hybridized carbons (Fsp3) is 0.290. The van der Waals surface area contributed by atoms with Gasteiger partial charge in [-0.25, -0.2) is 9.67 Å². The Balaban J connectivity index is 1.44. The fourth-order valence-electron chi connectivity index (χ4n) is 5.46. The molecule has 0 bridgehead atoms. The quantitative estimate of drug-likeness (QED) is 0.273. The van der Waals surface area contributed by atoms with E-state index in [1.807, 2.05) is 60.1 Å². The number of rotatable bonds is 9. The Morgan fingerprint density at radius 1 is 1.00 bits per heavy atom. The van der Waals surface area contributed by atoms with Crippen molar-refractivity contribution >= 4 is 51.2 Å². The van der Waals surface area contributed by atoms with Crippen molar-refractivity contribution in [2.24, 2.45) is 7.05 Å². The van der Waals surface area contributed by atoms with Gasteiger partial charge in [-0.2, -0.15) is 0 Å². The van der Waals surface area contributed by atoms with E-state index in [1.165, 1.54) is 16.5 Å². The second-order valence-corrected chi connectivity index (χ2v) is 10.5. The number of hydrogen-bond acceptors (Lipinski definition) is 7. The zero-order valence-corrected chi connectivity index (χ0v) is 23.9. The van der Waals surface area contributed by atoms with E-state index in [-0.39, 0.29) is 18.6 Å². The van der Waals surface area contributed by atoms with Crippen LogP contribution >= 0.6 is 0 Å². The summed E-state index contributed by atoms with van der Waals surface area (Å²) in [6, 6.07) is 20.6. The first-order valence-corrected chi connectivity index (χ1v) is 14.2. The molecule has 1 aliphatic rings. The Bertz CT molecular complexity index is 1790. The molecule has 220 valence electrons. The minimum atomic E-state index is -1.13. The molecule has 5 aromatic rings. The molecule has 6 rings (SSSR count). The topological polar surface area (TPSA) is 136 Å². The van der Waals surface area contributed by atoms with E-state index in [0.717, 1.165) is 18.4 Å². The number of nitrogens with one attached hydrogen (secondary N) is 2. The van der Waals surface area contributed by atoms with Crippen LogP contribution < -0.4 is 15.5 Å². The van der Waals surface area contributed by atoms with E-state index in [4.69, 9.17) is 9.72 Å².